The van der Waals surface area contributed by atoms with E-state index >= 15 is 0 Å². The second kappa shape index (κ2) is 5.43. The van der Waals surface area contributed by atoms with Crippen LogP contribution in [0.3, 0.4) is 0 Å². The summed E-state index contributed by atoms with van der Waals surface area (Å²) in [6.07, 6.45) is 0. The largest absolute Gasteiger partial charge is 0.301 e. The normalized spacial score (nSPS) is 17.4. The molecule has 0 amide bonds. The number of hydrogen-bond donors (Lipinski definition) is 1. The van der Waals surface area contributed by atoms with Crippen LogP contribution in [0.2, 0.25) is 0 Å². The summed E-state index contributed by atoms with van der Waals surface area (Å²) < 4.78 is 0. The number of fused-ring (bicyclic) bond motifs is 1. The molecule has 0 radical (unpaired) electrons. The van der Waals surface area contributed by atoms with Gasteiger partial charge < -0.3 is 4.98 Å². The number of rotatable bonds is 3. The number of benzene rings is 1. The smallest absolute Gasteiger partial charge is 0.251 e. The van der Waals surface area contributed by atoms with E-state index in [9.17, 15) is 4.79 Å². The molecule has 0 fully saturated rings. The van der Waals surface area contributed by atoms with Gasteiger partial charge in [-0.2, -0.15) is 0 Å². The van der Waals surface area contributed by atoms with Gasteiger partial charge in [0.05, 0.1) is 0 Å². The molecule has 98 valence electrons. The minimum atomic E-state index is -0.0730. The molecule has 1 aromatic carbocycles. The van der Waals surface area contributed by atoms with Crippen LogP contribution in [0.5, 0.6) is 0 Å². The van der Waals surface area contributed by atoms with Crippen molar-refractivity contribution in [1.82, 2.24) is 9.97 Å². The fourth-order valence-electron chi connectivity index (χ4n) is 2.17. The van der Waals surface area contributed by atoms with Gasteiger partial charge in [-0.3, -0.25) is 4.79 Å². The van der Waals surface area contributed by atoms with Gasteiger partial charge in [0.1, 0.15) is 0 Å². The van der Waals surface area contributed by atoms with Crippen LogP contribution < -0.4 is 5.56 Å². The van der Waals surface area contributed by atoms with E-state index in [1.54, 1.807) is 11.8 Å². The molecule has 1 N–H and O–H groups in total. The van der Waals surface area contributed by atoms with Gasteiger partial charge in [0.15, 0.2) is 5.16 Å². The maximum Gasteiger partial charge on any atom is 0.251 e. The van der Waals surface area contributed by atoms with Crippen LogP contribution in [0.15, 0.2) is 45.2 Å². The van der Waals surface area contributed by atoms with E-state index in [0.29, 0.717) is 5.92 Å². The number of H-pyrrole nitrogens is 1. The van der Waals surface area contributed by atoms with Gasteiger partial charge in [0, 0.05) is 34.1 Å². The molecule has 0 aliphatic carbocycles. The molecule has 1 aromatic heterocycles. The zero-order valence-electron chi connectivity index (χ0n) is 10.6. The highest BCUT2D eigenvalue weighted by molar-refractivity contribution is 8.00. The summed E-state index contributed by atoms with van der Waals surface area (Å²) in [7, 11) is 0. The quantitative estimate of drug-likeness (QED) is 0.697. The predicted octanol–water partition coefficient (Wildman–Crippen LogP) is 3.06. The fourth-order valence-corrected chi connectivity index (χ4v) is 4.61. The number of thioether (sulfide) groups is 2. The Kier molecular flexibility index (Phi) is 3.66. The average molecular weight is 290 g/mol. The first-order chi connectivity index (χ1) is 9.22. The Labute approximate surface area is 120 Å². The summed E-state index contributed by atoms with van der Waals surface area (Å²) in [6.45, 7) is 1.85. The minimum Gasteiger partial charge on any atom is -0.301 e. The topological polar surface area (TPSA) is 45.8 Å². The Balaban J connectivity index is 1.72. The van der Waals surface area contributed by atoms with Gasteiger partial charge in [-0.25, -0.2) is 4.98 Å². The van der Waals surface area contributed by atoms with Crippen molar-refractivity contribution < 1.29 is 0 Å². The van der Waals surface area contributed by atoms with Crippen LogP contribution in [0, 0.1) is 6.92 Å². The van der Waals surface area contributed by atoms with Crippen molar-refractivity contribution in [1.29, 1.82) is 0 Å². The third-order valence-electron chi connectivity index (χ3n) is 3.07. The van der Waals surface area contributed by atoms with E-state index in [1.165, 1.54) is 16.5 Å². The van der Waals surface area contributed by atoms with Gasteiger partial charge in [-0.1, -0.05) is 30.0 Å². The van der Waals surface area contributed by atoms with Crippen LogP contribution >= 0.6 is 23.5 Å². The Morgan fingerprint density at radius 1 is 1.47 bits per heavy atom. The van der Waals surface area contributed by atoms with E-state index in [-0.39, 0.29) is 5.56 Å². The van der Waals surface area contributed by atoms with Gasteiger partial charge in [-0.15, -0.1) is 11.8 Å². The average Bonchev–Trinajstić information content (AvgIpc) is 2.78. The molecule has 2 heterocycles. The number of aryl methyl sites for hydroxylation is 1. The predicted molar refractivity (Wildman–Crippen MR) is 80.2 cm³/mol. The van der Waals surface area contributed by atoms with E-state index < -0.39 is 0 Å². The number of nitrogens with zero attached hydrogens (tertiary/aromatic N) is 1. The lowest BCUT2D eigenvalue weighted by molar-refractivity contribution is 0.872. The lowest BCUT2D eigenvalue weighted by Crippen LogP contribution is -2.09. The van der Waals surface area contributed by atoms with E-state index in [2.05, 4.69) is 34.2 Å². The maximum atomic E-state index is 11.4. The van der Waals surface area contributed by atoms with Crippen molar-refractivity contribution in [2.45, 2.75) is 22.9 Å². The first-order valence-corrected chi connectivity index (χ1v) is 8.12. The standard InChI is InChI=1S/C14H14N2OS2/c1-9-6-13(17)16-14(15-9)19-8-10-7-18-12-5-3-2-4-11(10)12/h2-6,10H,7-8H2,1H3,(H,15,16,17). The molecule has 1 aliphatic rings. The molecular formula is C14H14N2OS2. The van der Waals surface area contributed by atoms with Crippen LogP contribution in [-0.2, 0) is 0 Å². The maximum absolute atomic E-state index is 11.4. The molecule has 1 aliphatic heterocycles. The SMILES string of the molecule is Cc1cc(=O)[nH]c(SCC2CSc3ccccc32)n1. The van der Waals surface area contributed by atoms with E-state index in [4.69, 9.17) is 0 Å². The van der Waals surface area contributed by atoms with Crippen molar-refractivity contribution >= 4 is 23.5 Å². The molecule has 5 heteroatoms. The first kappa shape index (κ1) is 12.8. The van der Waals surface area contributed by atoms with E-state index in [1.807, 2.05) is 18.7 Å². The molecule has 0 bridgehead atoms. The van der Waals surface area contributed by atoms with Crippen molar-refractivity contribution in [3.8, 4) is 0 Å². The van der Waals surface area contributed by atoms with Gasteiger partial charge in [-0.05, 0) is 18.6 Å². The van der Waals surface area contributed by atoms with Gasteiger partial charge in [0.2, 0.25) is 0 Å². The van der Waals surface area contributed by atoms with Crippen molar-refractivity contribution in [3.05, 3.63) is 51.9 Å². The summed E-state index contributed by atoms with van der Waals surface area (Å²) in [6, 6.07) is 10.1. The highest BCUT2D eigenvalue weighted by Crippen LogP contribution is 2.41. The molecule has 0 spiro atoms. The highest BCUT2D eigenvalue weighted by atomic mass is 32.2. The summed E-state index contributed by atoms with van der Waals surface area (Å²) in [5.74, 6) is 2.61. The van der Waals surface area contributed by atoms with Crippen LogP contribution in [0.1, 0.15) is 17.2 Å². The molecule has 19 heavy (non-hydrogen) atoms. The third-order valence-corrected chi connectivity index (χ3v) is 5.36. The van der Waals surface area contributed by atoms with Gasteiger partial charge in [0.25, 0.3) is 5.56 Å². The lowest BCUT2D eigenvalue weighted by atomic mass is 10.0. The summed E-state index contributed by atoms with van der Waals surface area (Å²) in [4.78, 5) is 19.9. The van der Waals surface area contributed by atoms with Crippen LogP contribution in [-0.4, -0.2) is 21.5 Å². The van der Waals surface area contributed by atoms with Crippen molar-refractivity contribution in [3.63, 3.8) is 0 Å². The second-order valence-corrected chi connectivity index (χ2v) is 6.62. The minimum absolute atomic E-state index is 0.0730. The lowest BCUT2D eigenvalue weighted by Gasteiger charge is -2.09. The number of aromatic amines is 1. The molecule has 3 nitrogen and oxygen atoms in total. The van der Waals surface area contributed by atoms with Gasteiger partial charge >= 0.3 is 0 Å². The monoisotopic (exact) mass is 290 g/mol. The fraction of sp³-hybridized carbons (Fsp3) is 0.286. The van der Waals surface area contributed by atoms with Crippen molar-refractivity contribution in [2.24, 2.45) is 0 Å². The Hall–Kier alpha value is -1.20. The molecule has 2 aromatic rings. The Bertz CT molecular complexity index is 654. The zero-order chi connectivity index (χ0) is 13.2. The Morgan fingerprint density at radius 3 is 3.16 bits per heavy atom. The van der Waals surface area contributed by atoms with Crippen LogP contribution in [0.25, 0.3) is 0 Å². The Morgan fingerprint density at radius 2 is 2.32 bits per heavy atom. The molecule has 0 saturated heterocycles. The number of nitrogens with one attached hydrogen (secondary N) is 1. The molecule has 3 rings (SSSR count). The van der Waals surface area contributed by atoms with Crippen molar-refractivity contribution in [2.75, 3.05) is 11.5 Å². The molecule has 1 atom stereocenters. The summed E-state index contributed by atoms with van der Waals surface area (Å²) in [5, 5.41) is 0.722. The molecular weight excluding hydrogens is 276 g/mol. The molecule has 0 saturated carbocycles. The van der Waals surface area contributed by atoms with Crippen LogP contribution in [0.4, 0.5) is 0 Å². The summed E-state index contributed by atoms with van der Waals surface area (Å²) >= 11 is 3.54. The summed E-state index contributed by atoms with van der Waals surface area (Å²) in [5.41, 5.74) is 2.12. The number of aromatic nitrogens is 2. The highest BCUT2D eigenvalue weighted by Gasteiger charge is 2.22. The third kappa shape index (κ3) is 2.87. The molecule has 1 unspecified atom stereocenters. The zero-order valence-corrected chi connectivity index (χ0v) is 12.2. The number of hydrogen-bond acceptors (Lipinski definition) is 4. The first-order valence-electron chi connectivity index (χ1n) is 6.15. The van der Waals surface area contributed by atoms with E-state index in [0.717, 1.165) is 22.4 Å². The second-order valence-electron chi connectivity index (χ2n) is 4.55.